The molecule has 2 rings (SSSR count). The topological polar surface area (TPSA) is 105 Å². The minimum Gasteiger partial charge on any atom is -0.496 e. The number of benzene rings is 2. The maximum absolute atomic E-state index is 12.5. The molecule has 0 fully saturated rings. The van der Waals surface area contributed by atoms with E-state index in [4.69, 9.17) is 23.7 Å². The molecular formula is C18H22N2O7S. The molecule has 0 radical (unpaired) electrons. The van der Waals surface area contributed by atoms with Crippen LogP contribution in [0.4, 0.5) is 0 Å². The third kappa shape index (κ3) is 4.58. The molecule has 0 aliphatic rings. The van der Waals surface area contributed by atoms with E-state index in [9.17, 15) is 8.42 Å². The molecule has 0 aliphatic carbocycles. The fourth-order valence-corrected chi connectivity index (χ4v) is 3.16. The van der Waals surface area contributed by atoms with Crippen molar-refractivity contribution < 1.29 is 32.1 Å². The first-order valence-corrected chi connectivity index (χ1v) is 9.45. The Labute approximate surface area is 163 Å². The Kier molecular flexibility index (Phi) is 6.94. The van der Waals surface area contributed by atoms with Crippen LogP contribution in [0.2, 0.25) is 0 Å². The third-order valence-electron chi connectivity index (χ3n) is 3.78. The maximum Gasteiger partial charge on any atom is 0.276 e. The highest BCUT2D eigenvalue weighted by Gasteiger charge is 2.16. The molecule has 2 aromatic rings. The molecule has 152 valence electrons. The molecule has 0 atom stereocenters. The highest BCUT2D eigenvalue weighted by Crippen LogP contribution is 2.34. The highest BCUT2D eigenvalue weighted by atomic mass is 32.2. The Bertz CT molecular complexity index is 959. The summed E-state index contributed by atoms with van der Waals surface area (Å²) in [5.74, 6) is 2.07. The van der Waals surface area contributed by atoms with E-state index in [1.165, 1.54) is 60.0 Å². The Morgan fingerprint density at radius 2 is 1.29 bits per heavy atom. The first-order chi connectivity index (χ1) is 13.4. The molecule has 0 aromatic heterocycles. The molecular weight excluding hydrogens is 388 g/mol. The quantitative estimate of drug-likeness (QED) is 0.498. The van der Waals surface area contributed by atoms with Crippen LogP contribution in [0.25, 0.3) is 0 Å². The Hall–Kier alpha value is -3.14. The summed E-state index contributed by atoms with van der Waals surface area (Å²) in [5, 5.41) is 3.82. The molecule has 0 saturated heterocycles. The largest absolute Gasteiger partial charge is 0.496 e. The lowest BCUT2D eigenvalue weighted by Crippen LogP contribution is -2.18. The van der Waals surface area contributed by atoms with Crippen LogP contribution >= 0.6 is 0 Å². The van der Waals surface area contributed by atoms with E-state index >= 15 is 0 Å². The number of rotatable bonds is 9. The Balaban J connectivity index is 2.28. The smallest absolute Gasteiger partial charge is 0.276 e. The SMILES string of the molecule is COc1cc(OC)c(OC)cc1/C=N/NS(=O)(=O)c1ccc(OC)c(OC)c1. The second kappa shape index (κ2) is 9.18. The lowest BCUT2D eigenvalue weighted by Gasteiger charge is -2.12. The number of hydrazone groups is 1. The van der Waals surface area contributed by atoms with Crippen LogP contribution in [0, 0.1) is 0 Å². The summed E-state index contributed by atoms with van der Waals surface area (Å²) in [6.45, 7) is 0. The van der Waals surface area contributed by atoms with E-state index < -0.39 is 10.0 Å². The van der Waals surface area contributed by atoms with Crippen molar-refractivity contribution in [2.75, 3.05) is 35.5 Å². The summed E-state index contributed by atoms with van der Waals surface area (Å²) < 4.78 is 50.9. The molecule has 2 aromatic carbocycles. The van der Waals surface area contributed by atoms with E-state index in [0.717, 1.165) is 0 Å². The van der Waals surface area contributed by atoms with Crippen molar-refractivity contribution in [3.63, 3.8) is 0 Å². The minimum absolute atomic E-state index is 0.0263. The van der Waals surface area contributed by atoms with Crippen LogP contribution in [0.5, 0.6) is 28.7 Å². The van der Waals surface area contributed by atoms with Gasteiger partial charge in [-0.15, -0.1) is 0 Å². The molecule has 0 heterocycles. The average molecular weight is 410 g/mol. The van der Waals surface area contributed by atoms with Gasteiger partial charge in [0, 0.05) is 17.7 Å². The second-order valence-corrected chi connectivity index (χ2v) is 6.98. The van der Waals surface area contributed by atoms with Crippen LogP contribution in [-0.2, 0) is 10.0 Å². The molecule has 1 N–H and O–H groups in total. The summed E-state index contributed by atoms with van der Waals surface area (Å²) in [6, 6.07) is 7.45. The van der Waals surface area contributed by atoms with E-state index in [2.05, 4.69) is 9.93 Å². The lowest BCUT2D eigenvalue weighted by molar-refractivity contribution is 0.349. The summed E-state index contributed by atoms with van der Waals surface area (Å²) in [5.41, 5.74) is 0.496. The van der Waals surface area contributed by atoms with Crippen molar-refractivity contribution >= 4 is 16.2 Å². The van der Waals surface area contributed by atoms with E-state index in [1.54, 1.807) is 12.1 Å². The van der Waals surface area contributed by atoms with Crippen molar-refractivity contribution in [2.45, 2.75) is 4.90 Å². The van der Waals surface area contributed by atoms with Gasteiger partial charge in [0.15, 0.2) is 23.0 Å². The first-order valence-electron chi connectivity index (χ1n) is 7.97. The van der Waals surface area contributed by atoms with Gasteiger partial charge in [-0.2, -0.15) is 13.5 Å². The van der Waals surface area contributed by atoms with Crippen molar-refractivity contribution in [3.8, 4) is 28.7 Å². The van der Waals surface area contributed by atoms with Crippen molar-refractivity contribution in [1.29, 1.82) is 0 Å². The number of sulfonamides is 1. The fourth-order valence-electron chi connectivity index (χ4n) is 2.36. The monoisotopic (exact) mass is 410 g/mol. The van der Waals surface area contributed by atoms with Gasteiger partial charge in [0.2, 0.25) is 0 Å². The zero-order valence-electron chi connectivity index (χ0n) is 16.2. The first kappa shape index (κ1) is 21.2. The molecule has 0 saturated carbocycles. The minimum atomic E-state index is -3.92. The summed E-state index contributed by atoms with van der Waals surface area (Å²) in [4.78, 5) is 2.12. The highest BCUT2D eigenvalue weighted by molar-refractivity contribution is 7.89. The molecule has 0 amide bonds. The van der Waals surface area contributed by atoms with Crippen LogP contribution in [-0.4, -0.2) is 50.2 Å². The Morgan fingerprint density at radius 1 is 0.750 bits per heavy atom. The maximum atomic E-state index is 12.5. The lowest BCUT2D eigenvalue weighted by atomic mass is 10.2. The molecule has 10 heteroatoms. The molecule has 0 bridgehead atoms. The second-order valence-electron chi connectivity index (χ2n) is 5.32. The third-order valence-corrected chi connectivity index (χ3v) is 5.00. The van der Waals surface area contributed by atoms with Gasteiger partial charge in [-0.25, -0.2) is 4.83 Å². The van der Waals surface area contributed by atoms with Crippen molar-refractivity contribution in [1.82, 2.24) is 4.83 Å². The normalized spacial score (nSPS) is 11.2. The van der Waals surface area contributed by atoms with Crippen LogP contribution in [0.1, 0.15) is 5.56 Å². The van der Waals surface area contributed by atoms with Crippen molar-refractivity contribution in [2.24, 2.45) is 5.10 Å². The average Bonchev–Trinajstić information content (AvgIpc) is 2.72. The van der Waals surface area contributed by atoms with Gasteiger partial charge in [-0.1, -0.05) is 0 Å². The van der Waals surface area contributed by atoms with Gasteiger partial charge in [0.1, 0.15) is 5.75 Å². The number of ether oxygens (including phenoxy) is 5. The van der Waals surface area contributed by atoms with Gasteiger partial charge < -0.3 is 23.7 Å². The van der Waals surface area contributed by atoms with Gasteiger partial charge in [0.05, 0.1) is 46.7 Å². The van der Waals surface area contributed by atoms with E-state index in [0.29, 0.717) is 28.6 Å². The van der Waals surface area contributed by atoms with E-state index in [1.807, 2.05) is 0 Å². The predicted molar refractivity (Wildman–Crippen MR) is 104 cm³/mol. The molecule has 0 unspecified atom stereocenters. The standard InChI is InChI=1S/C18H22N2O7S/c1-23-14-7-6-13(9-17(14)26-4)28(21,22)20-19-11-12-8-16(25-3)18(27-5)10-15(12)24-2/h6-11,20H,1-5H3/b19-11+. The number of hydrogen-bond donors (Lipinski definition) is 1. The zero-order chi connectivity index (χ0) is 20.7. The van der Waals surface area contributed by atoms with E-state index in [-0.39, 0.29) is 10.6 Å². The summed E-state index contributed by atoms with van der Waals surface area (Å²) in [6.07, 6.45) is 1.30. The van der Waals surface area contributed by atoms with Gasteiger partial charge in [-0.05, 0) is 18.2 Å². The molecule has 0 spiro atoms. The van der Waals surface area contributed by atoms with Crippen molar-refractivity contribution in [3.05, 3.63) is 35.9 Å². The van der Waals surface area contributed by atoms with Crippen LogP contribution < -0.4 is 28.5 Å². The fraction of sp³-hybridized carbons (Fsp3) is 0.278. The molecule has 9 nitrogen and oxygen atoms in total. The number of nitrogens with one attached hydrogen (secondary N) is 1. The number of hydrogen-bond acceptors (Lipinski definition) is 8. The van der Waals surface area contributed by atoms with Crippen LogP contribution in [0.3, 0.4) is 0 Å². The predicted octanol–water partition coefficient (Wildman–Crippen LogP) is 2.04. The Morgan fingerprint density at radius 3 is 1.86 bits per heavy atom. The molecule has 28 heavy (non-hydrogen) atoms. The summed E-state index contributed by atoms with van der Waals surface area (Å²) in [7, 11) is 3.44. The van der Waals surface area contributed by atoms with Gasteiger partial charge >= 0.3 is 0 Å². The number of nitrogens with zero attached hydrogens (tertiary/aromatic N) is 1. The summed E-state index contributed by atoms with van der Waals surface area (Å²) >= 11 is 0. The van der Waals surface area contributed by atoms with Gasteiger partial charge in [0.25, 0.3) is 10.0 Å². The molecule has 0 aliphatic heterocycles. The van der Waals surface area contributed by atoms with Gasteiger partial charge in [-0.3, -0.25) is 0 Å². The number of methoxy groups -OCH3 is 5. The van der Waals surface area contributed by atoms with Crippen LogP contribution in [0.15, 0.2) is 40.3 Å². The zero-order valence-corrected chi connectivity index (χ0v) is 17.0.